The maximum absolute atomic E-state index is 14.1. The molecule has 0 aliphatic carbocycles. The van der Waals surface area contributed by atoms with Crippen LogP contribution in [-0.4, -0.2) is 29.7 Å². The second kappa shape index (κ2) is 8.45. The van der Waals surface area contributed by atoms with Gasteiger partial charge in [-0.15, -0.1) is 0 Å². The number of ketones is 1. The number of likely N-dealkylation sites (tertiary alicyclic amines) is 1. The molecule has 0 unspecified atom stereocenters. The Morgan fingerprint density at radius 3 is 2.65 bits per heavy atom. The molecule has 2 aromatic rings. The van der Waals surface area contributed by atoms with Gasteiger partial charge in [0.15, 0.2) is 5.82 Å². The lowest BCUT2D eigenvalue weighted by molar-refractivity contribution is -0.124. The van der Waals surface area contributed by atoms with Crippen LogP contribution < -0.4 is 0 Å². The molecule has 136 valence electrons. The van der Waals surface area contributed by atoms with Gasteiger partial charge in [-0.3, -0.25) is 9.59 Å². The highest BCUT2D eigenvalue weighted by Crippen LogP contribution is 2.24. The van der Waals surface area contributed by atoms with Gasteiger partial charge in [-0.2, -0.15) is 0 Å². The van der Waals surface area contributed by atoms with Gasteiger partial charge in [-0.25, -0.2) is 4.39 Å². The molecule has 1 fully saturated rings. The Morgan fingerprint density at radius 1 is 1.12 bits per heavy atom. The first-order chi connectivity index (χ1) is 12.6. The summed E-state index contributed by atoms with van der Waals surface area (Å²) in [5.41, 5.74) is 1.10. The maximum atomic E-state index is 14.1. The van der Waals surface area contributed by atoms with Gasteiger partial charge < -0.3 is 4.90 Å². The van der Waals surface area contributed by atoms with Crippen molar-refractivity contribution in [1.82, 2.24) is 4.90 Å². The fourth-order valence-corrected chi connectivity index (χ4v) is 3.55. The van der Waals surface area contributed by atoms with Crippen molar-refractivity contribution in [3.05, 3.63) is 70.5 Å². The van der Waals surface area contributed by atoms with Crippen LogP contribution in [0.15, 0.2) is 48.5 Å². The molecule has 1 aliphatic heterocycles. The molecule has 2 aromatic carbocycles. The molecule has 0 aromatic heterocycles. The average Bonchev–Trinajstić information content (AvgIpc) is 2.68. The van der Waals surface area contributed by atoms with Crippen molar-refractivity contribution < 1.29 is 14.0 Å². The normalized spacial score (nSPS) is 17.2. The van der Waals surface area contributed by atoms with E-state index in [0.29, 0.717) is 25.9 Å². The predicted molar refractivity (Wildman–Crippen MR) is 99.8 cm³/mol. The van der Waals surface area contributed by atoms with E-state index in [2.05, 4.69) is 0 Å². The number of piperidine rings is 1. The molecule has 3 rings (SSSR count). The summed E-state index contributed by atoms with van der Waals surface area (Å²) >= 11 is 5.78. The molecular formula is C21H21ClFNO2. The standard InChI is InChI=1S/C21H21ClFNO2/c22-18-10-4-9-17(20(18)23)21(26)24-13-5-8-16(14-24)19(25)12-11-15-6-2-1-3-7-15/h1-4,6-7,9-10,16H,5,8,11-14H2/t16-/m0/s1. The fourth-order valence-electron chi connectivity index (χ4n) is 3.38. The second-order valence-electron chi connectivity index (χ2n) is 6.64. The van der Waals surface area contributed by atoms with E-state index in [1.807, 2.05) is 30.3 Å². The average molecular weight is 374 g/mol. The molecule has 0 spiro atoms. The Morgan fingerprint density at radius 2 is 1.88 bits per heavy atom. The minimum atomic E-state index is -0.698. The van der Waals surface area contributed by atoms with E-state index in [9.17, 15) is 14.0 Å². The SMILES string of the molecule is O=C(CCc1ccccc1)[C@H]1CCCN(C(=O)c2cccc(Cl)c2F)C1. The van der Waals surface area contributed by atoms with E-state index in [4.69, 9.17) is 11.6 Å². The first-order valence-corrected chi connectivity index (χ1v) is 9.24. The number of aryl methyl sites for hydroxylation is 1. The first kappa shape index (κ1) is 18.6. The van der Waals surface area contributed by atoms with Gasteiger partial charge in [0.2, 0.25) is 0 Å². The van der Waals surface area contributed by atoms with E-state index in [-0.39, 0.29) is 22.3 Å². The number of halogens is 2. The summed E-state index contributed by atoms with van der Waals surface area (Å²) in [5, 5.41) is -0.0663. The quantitative estimate of drug-likeness (QED) is 0.772. The largest absolute Gasteiger partial charge is 0.338 e. The van der Waals surface area contributed by atoms with Gasteiger partial charge in [-0.1, -0.05) is 48.0 Å². The number of benzene rings is 2. The zero-order valence-corrected chi connectivity index (χ0v) is 15.2. The summed E-state index contributed by atoms with van der Waals surface area (Å²) in [6.07, 6.45) is 2.68. The van der Waals surface area contributed by atoms with E-state index in [0.717, 1.165) is 18.4 Å². The van der Waals surface area contributed by atoms with Crippen LogP contribution in [0.5, 0.6) is 0 Å². The van der Waals surface area contributed by atoms with Crippen LogP contribution in [0.2, 0.25) is 5.02 Å². The molecule has 1 heterocycles. The minimum Gasteiger partial charge on any atom is -0.338 e. The summed E-state index contributed by atoms with van der Waals surface area (Å²) < 4.78 is 14.1. The Kier molecular flexibility index (Phi) is 6.04. The molecule has 1 saturated heterocycles. The maximum Gasteiger partial charge on any atom is 0.256 e. The Labute approximate surface area is 157 Å². The Bertz CT molecular complexity index is 794. The van der Waals surface area contributed by atoms with Crippen LogP contribution in [0.4, 0.5) is 4.39 Å². The fraction of sp³-hybridized carbons (Fsp3) is 0.333. The van der Waals surface area contributed by atoms with Gasteiger partial charge in [0.25, 0.3) is 5.91 Å². The van der Waals surface area contributed by atoms with Gasteiger partial charge in [0.05, 0.1) is 10.6 Å². The van der Waals surface area contributed by atoms with Crippen molar-refractivity contribution in [3.63, 3.8) is 0 Å². The van der Waals surface area contributed by atoms with Gasteiger partial charge in [-0.05, 0) is 37.0 Å². The summed E-state index contributed by atoms with van der Waals surface area (Å²) in [6.45, 7) is 0.881. The van der Waals surface area contributed by atoms with Crippen molar-refractivity contribution in [2.75, 3.05) is 13.1 Å². The van der Waals surface area contributed by atoms with Gasteiger partial charge in [0, 0.05) is 25.4 Å². The van der Waals surface area contributed by atoms with Crippen LogP contribution in [0.1, 0.15) is 35.2 Å². The van der Waals surface area contributed by atoms with Crippen LogP contribution in [0, 0.1) is 11.7 Å². The number of carbonyl (C=O) groups excluding carboxylic acids is 2. The Hall–Kier alpha value is -2.20. The summed E-state index contributed by atoms with van der Waals surface area (Å²) in [6, 6.07) is 14.3. The highest BCUT2D eigenvalue weighted by molar-refractivity contribution is 6.31. The first-order valence-electron chi connectivity index (χ1n) is 8.86. The van der Waals surface area contributed by atoms with Crippen LogP contribution >= 0.6 is 11.6 Å². The number of rotatable bonds is 5. The third-order valence-electron chi connectivity index (χ3n) is 4.85. The third kappa shape index (κ3) is 4.31. The highest BCUT2D eigenvalue weighted by atomic mass is 35.5. The number of Topliss-reactive ketones (excluding diaryl/α,β-unsaturated/α-hetero) is 1. The molecule has 3 nitrogen and oxygen atoms in total. The van der Waals surface area contributed by atoms with E-state index < -0.39 is 11.7 Å². The zero-order chi connectivity index (χ0) is 18.5. The van der Waals surface area contributed by atoms with Crippen molar-refractivity contribution in [3.8, 4) is 0 Å². The highest BCUT2D eigenvalue weighted by Gasteiger charge is 2.29. The zero-order valence-electron chi connectivity index (χ0n) is 14.5. The molecule has 1 atom stereocenters. The molecule has 1 amide bonds. The van der Waals surface area contributed by atoms with Gasteiger partial charge in [0.1, 0.15) is 5.78 Å². The number of hydrogen-bond donors (Lipinski definition) is 0. The monoisotopic (exact) mass is 373 g/mol. The Balaban J connectivity index is 1.62. The van der Waals surface area contributed by atoms with Crippen LogP contribution in [-0.2, 0) is 11.2 Å². The molecular weight excluding hydrogens is 353 g/mol. The molecule has 0 N–H and O–H groups in total. The molecule has 1 aliphatic rings. The number of nitrogens with zero attached hydrogens (tertiary/aromatic N) is 1. The lowest BCUT2D eigenvalue weighted by Gasteiger charge is -2.32. The number of carbonyl (C=O) groups is 2. The molecule has 5 heteroatoms. The topological polar surface area (TPSA) is 37.4 Å². The molecule has 0 bridgehead atoms. The van der Waals surface area contributed by atoms with E-state index in [1.165, 1.54) is 12.1 Å². The van der Waals surface area contributed by atoms with Crippen LogP contribution in [0.3, 0.4) is 0 Å². The van der Waals surface area contributed by atoms with E-state index >= 15 is 0 Å². The van der Waals surface area contributed by atoms with Crippen LogP contribution in [0.25, 0.3) is 0 Å². The predicted octanol–water partition coefficient (Wildman–Crippen LogP) is 4.53. The second-order valence-corrected chi connectivity index (χ2v) is 7.05. The summed E-state index contributed by atoms with van der Waals surface area (Å²) in [7, 11) is 0. The molecule has 0 saturated carbocycles. The minimum absolute atomic E-state index is 0.0325. The smallest absolute Gasteiger partial charge is 0.256 e. The van der Waals surface area contributed by atoms with Crippen molar-refractivity contribution in [1.29, 1.82) is 0 Å². The molecule has 0 radical (unpaired) electrons. The van der Waals surface area contributed by atoms with Crippen molar-refractivity contribution in [2.24, 2.45) is 5.92 Å². The van der Waals surface area contributed by atoms with Gasteiger partial charge >= 0.3 is 0 Å². The number of amides is 1. The summed E-state index contributed by atoms with van der Waals surface area (Å²) in [5.74, 6) is -1.11. The summed E-state index contributed by atoms with van der Waals surface area (Å²) in [4.78, 5) is 26.8. The molecule has 26 heavy (non-hydrogen) atoms. The van der Waals surface area contributed by atoms with Crippen molar-refractivity contribution in [2.45, 2.75) is 25.7 Å². The van der Waals surface area contributed by atoms with Crippen molar-refractivity contribution >= 4 is 23.3 Å². The number of hydrogen-bond acceptors (Lipinski definition) is 2. The lowest BCUT2D eigenvalue weighted by Crippen LogP contribution is -2.42. The third-order valence-corrected chi connectivity index (χ3v) is 5.14. The van der Waals surface area contributed by atoms with E-state index in [1.54, 1.807) is 11.0 Å². The lowest BCUT2D eigenvalue weighted by atomic mass is 9.90.